The minimum absolute atomic E-state index is 0.0211. The molecule has 25 heavy (non-hydrogen) atoms. The Hall–Kier alpha value is -1.88. The Morgan fingerprint density at radius 2 is 1.72 bits per heavy atom. The summed E-state index contributed by atoms with van der Waals surface area (Å²) in [6.07, 6.45) is 1.24. The predicted octanol–water partition coefficient (Wildman–Crippen LogP) is 3.42. The smallest absolute Gasteiger partial charge is 0.137 e. The van der Waals surface area contributed by atoms with Gasteiger partial charge in [0.2, 0.25) is 0 Å². The largest absolute Gasteiger partial charge is 0.491 e. The van der Waals surface area contributed by atoms with Crippen molar-refractivity contribution in [2.24, 2.45) is 0 Å². The fraction of sp³-hybridized carbons (Fsp3) is 0.429. The Bertz CT molecular complexity index is 618. The first-order valence-electron chi connectivity index (χ1n) is 8.99. The molecule has 2 aromatic rings. The van der Waals surface area contributed by atoms with Crippen molar-refractivity contribution >= 4 is 0 Å². The molecule has 2 aromatic carbocycles. The fourth-order valence-corrected chi connectivity index (χ4v) is 3.17. The fourth-order valence-electron chi connectivity index (χ4n) is 3.17. The van der Waals surface area contributed by atoms with Crippen molar-refractivity contribution in [3.05, 3.63) is 66.2 Å². The van der Waals surface area contributed by atoms with Gasteiger partial charge in [-0.25, -0.2) is 0 Å². The predicted molar refractivity (Wildman–Crippen MR) is 101 cm³/mol. The molecule has 1 aliphatic heterocycles. The van der Waals surface area contributed by atoms with Gasteiger partial charge < -0.3 is 14.4 Å². The van der Waals surface area contributed by atoms with Crippen molar-refractivity contribution in [2.45, 2.75) is 18.8 Å². The van der Waals surface area contributed by atoms with E-state index >= 15 is 0 Å². The Balaban J connectivity index is 1.60. The Labute approximate surface area is 151 Å². The second kappa shape index (κ2) is 8.99. The first-order valence-corrected chi connectivity index (χ1v) is 8.99. The molecule has 0 aromatic heterocycles. The SMILES string of the molecule is CN(C)CCCN1C[C@H](COc2ccccc2)O[C@@H]1c1ccccc1. The third kappa shape index (κ3) is 5.30. The highest BCUT2D eigenvalue weighted by molar-refractivity contribution is 5.21. The highest BCUT2D eigenvalue weighted by atomic mass is 16.6. The molecule has 1 heterocycles. The first-order chi connectivity index (χ1) is 12.2. The van der Waals surface area contributed by atoms with Crippen LogP contribution in [0.25, 0.3) is 0 Å². The molecule has 4 heteroatoms. The molecule has 0 N–H and O–H groups in total. The maximum absolute atomic E-state index is 6.33. The lowest BCUT2D eigenvalue weighted by molar-refractivity contribution is -0.0164. The third-order valence-electron chi connectivity index (χ3n) is 4.41. The number of rotatable bonds is 8. The summed E-state index contributed by atoms with van der Waals surface area (Å²) in [6.45, 7) is 3.60. The van der Waals surface area contributed by atoms with E-state index in [0.717, 1.165) is 31.8 Å². The van der Waals surface area contributed by atoms with Crippen molar-refractivity contribution in [1.82, 2.24) is 9.80 Å². The summed E-state index contributed by atoms with van der Waals surface area (Å²) in [5, 5.41) is 0. The minimum Gasteiger partial charge on any atom is -0.491 e. The highest BCUT2D eigenvalue weighted by Crippen LogP contribution is 2.30. The number of benzene rings is 2. The van der Waals surface area contributed by atoms with E-state index in [2.05, 4.69) is 48.2 Å². The molecule has 0 amide bonds. The maximum atomic E-state index is 6.33. The summed E-state index contributed by atoms with van der Waals surface area (Å²) in [6, 6.07) is 20.4. The zero-order valence-corrected chi connectivity index (χ0v) is 15.2. The van der Waals surface area contributed by atoms with Crippen LogP contribution in [0.1, 0.15) is 18.2 Å². The van der Waals surface area contributed by atoms with E-state index in [-0.39, 0.29) is 12.3 Å². The van der Waals surface area contributed by atoms with E-state index in [1.54, 1.807) is 0 Å². The summed E-state index contributed by atoms with van der Waals surface area (Å²) in [7, 11) is 4.23. The molecule has 0 bridgehead atoms. The average Bonchev–Trinajstić information content (AvgIpc) is 3.04. The topological polar surface area (TPSA) is 24.9 Å². The molecule has 1 aliphatic rings. The van der Waals surface area contributed by atoms with Crippen LogP contribution in [-0.2, 0) is 4.74 Å². The monoisotopic (exact) mass is 340 g/mol. The van der Waals surface area contributed by atoms with Gasteiger partial charge in [0, 0.05) is 13.1 Å². The lowest BCUT2D eigenvalue weighted by Gasteiger charge is -2.23. The number of nitrogens with zero attached hydrogens (tertiary/aromatic N) is 2. The molecular weight excluding hydrogens is 312 g/mol. The minimum atomic E-state index is 0.0211. The van der Waals surface area contributed by atoms with Gasteiger partial charge in [-0.1, -0.05) is 48.5 Å². The van der Waals surface area contributed by atoms with Gasteiger partial charge in [0.05, 0.1) is 0 Å². The normalized spacial score (nSPS) is 20.9. The molecule has 1 saturated heterocycles. The van der Waals surface area contributed by atoms with Gasteiger partial charge in [0.1, 0.15) is 24.7 Å². The molecule has 0 radical (unpaired) electrons. The van der Waals surface area contributed by atoms with Gasteiger partial charge >= 0.3 is 0 Å². The Morgan fingerprint density at radius 3 is 2.40 bits per heavy atom. The molecular formula is C21H28N2O2. The van der Waals surface area contributed by atoms with Crippen LogP contribution >= 0.6 is 0 Å². The average molecular weight is 340 g/mol. The van der Waals surface area contributed by atoms with Gasteiger partial charge in [-0.15, -0.1) is 0 Å². The van der Waals surface area contributed by atoms with Crippen LogP contribution in [0.5, 0.6) is 5.75 Å². The zero-order valence-electron chi connectivity index (χ0n) is 15.2. The summed E-state index contributed by atoms with van der Waals surface area (Å²) in [5.41, 5.74) is 1.22. The number of hydrogen-bond donors (Lipinski definition) is 0. The zero-order chi connectivity index (χ0) is 17.5. The molecule has 0 aliphatic carbocycles. The number of ether oxygens (including phenoxy) is 2. The second-order valence-electron chi connectivity index (χ2n) is 6.80. The number of hydrogen-bond acceptors (Lipinski definition) is 4. The third-order valence-corrected chi connectivity index (χ3v) is 4.41. The van der Waals surface area contributed by atoms with Gasteiger partial charge in [-0.2, -0.15) is 0 Å². The van der Waals surface area contributed by atoms with E-state index in [9.17, 15) is 0 Å². The van der Waals surface area contributed by atoms with E-state index in [0.29, 0.717) is 6.61 Å². The van der Waals surface area contributed by atoms with Crippen LogP contribution in [0.15, 0.2) is 60.7 Å². The summed E-state index contributed by atoms with van der Waals surface area (Å²) in [4.78, 5) is 4.66. The molecule has 3 rings (SSSR count). The van der Waals surface area contributed by atoms with Crippen LogP contribution in [0.3, 0.4) is 0 Å². The summed E-state index contributed by atoms with van der Waals surface area (Å²) >= 11 is 0. The van der Waals surface area contributed by atoms with Crippen LogP contribution in [0, 0.1) is 0 Å². The van der Waals surface area contributed by atoms with Gasteiger partial charge in [-0.3, -0.25) is 4.90 Å². The van der Waals surface area contributed by atoms with Crippen molar-refractivity contribution in [3.8, 4) is 5.75 Å². The van der Waals surface area contributed by atoms with E-state index in [1.165, 1.54) is 5.56 Å². The van der Waals surface area contributed by atoms with E-state index < -0.39 is 0 Å². The van der Waals surface area contributed by atoms with Gasteiger partial charge in [0.15, 0.2) is 0 Å². The quantitative estimate of drug-likeness (QED) is 0.735. The van der Waals surface area contributed by atoms with Crippen molar-refractivity contribution in [2.75, 3.05) is 40.3 Å². The standard InChI is InChI=1S/C21H28N2O2/c1-22(2)14-9-15-23-16-20(17-24-19-12-7-4-8-13-19)25-21(23)18-10-5-3-6-11-18/h3-8,10-13,20-21H,9,14-17H2,1-2H3/t20-,21-/m1/s1. The van der Waals surface area contributed by atoms with Crippen molar-refractivity contribution in [3.63, 3.8) is 0 Å². The van der Waals surface area contributed by atoms with Gasteiger partial charge in [0.25, 0.3) is 0 Å². The molecule has 4 nitrogen and oxygen atoms in total. The summed E-state index contributed by atoms with van der Waals surface area (Å²) in [5.74, 6) is 0.897. The van der Waals surface area contributed by atoms with Gasteiger partial charge in [-0.05, 0) is 44.8 Å². The lowest BCUT2D eigenvalue weighted by Crippen LogP contribution is -2.29. The molecule has 134 valence electrons. The van der Waals surface area contributed by atoms with Crippen molar-refractivity contribution in [1.29, 1.82) is 0 Å². The van der Waals surface area contributed by atoms with Crippen LogP contribution < -0.4 is 4.74 Å². The molecule has 0 spiro atoms. The first kappa shape index (κ1) is 17.9. The Morgan fingerprint density at radius 1 is 1.04 bits per heavy atom. The second-order valence-corrected chi connectivity index (χ2v) is 6.80. The van der Waals surface area contributed by atoms with Crippen LogP contribution in [-0.4, -0.2) is 56.2 Å². The lowest BCUT2D eigenvalue weighted by atomic mass is 10.2. The summed E-state index contributed by atoms with van der Waals surface area (Å²) < 4.78 is 12.2. The van der Waals surface area contributed by atoms with Crippen molar-refractivity contribution < 1.29 is 9.47 Å². The highest BCUT2D eigenvalue weighted by Gasteiger charge is 2.33. The van der Waals surface area contributed by atoms with E-state index in [4.69, 9.17) is 9.47 Å². The maximum Gasteiger partial charge on any atom is 0.137 e. The Kier molecular flexibility index (Phi) is 6.45. The molecule has 2 atom stereocenters. The van der Waals surface area contributed by atoms with Crippen LogP contribution in [0.2, 0.25) is 0 Å². The molecule has 0 saturated carbocycles. The molecule has 0 unspecified atom stereocenters. The van der Waals surface area contributed by atoms with E-state index in [1.807, 2.05) is 36.4 Å². The van der Waals surface area contributed by atoms with Crippen LogP contribution in [0.4, 0.5) is 0 Å². The molecule has 1 fully saturated rings. The number of para-hydroxylation sites is 1.